The van der Waals surface area contributed by atoms with E-state index in [4.69, 9.17) is 13.9 Å². The van der Waals surface area contributed by atoms with Crippen LogP contribution >= 0.6 is 0 Å². The first-order chi connectivity index (χ1) is 14.6. The number of rotatable bonds is 4. The third-order valence-corrected chi connectivity index (χ3v) is 6.20. The van der Waals surface area contributed by atoms with Gasteiger partial charge in [-0.2, -0.15) is 0 Å². The van der Waals surface area contributed by atoms with Gasteiger partial charge in [0, 0.05) is 13.1 Å². The van der Waals surface area contributed by atoms with Crippen LogP contribution < -0.4 is 9.47 Å². The fraction of sp³-hybridized carbons (Fsp3) is 0.391. The predicted octanol–water partition coefficient (Wildman–Crippen LogP) is 3.13. The zero-order valence-electron chi connectivity index (χ0n) is 16.7. The highest BCUT2D eigenvalue weighted by atomic mass is 16.5. The van der Waals surface area contributed by atoms with Crippen LogP contribution in [0.4, 0.5) is 0 Å². The molecule has 0 bridgehead atoms. The first-order valence-corrected chi connectivity index (χ1v) is 10.2. The van der Waals surface area contributed by atoms with Crippen molar-refractivity contribution in [2.75, 3.05) is 20.2 Å². The van der Waals surface area contributed by atoms with Crippen molar-refractivity contribution in [1.82, 2.24) is 9.88 Å². The molecule has 3 aromatic rings. The molecule has 1 saturated carbocycles. The number of ether oxygens (including phenoxy) is 2. The smallest absolute Gasteiger partial charge is 0.309 e. The molecule has 0 spiro atoms. The molecule has 1 N–H and O–H groups in total. The van der Waals surface area contributed by atoms with Gasteiger partial charge in [0.05, 0.1) is 13.2 Å². The number of carbonyl (C=O) groups is 1. The van der Waals surface area contributed by atoms with Crippen molar-refractivity contribution < 1.29 is 23.8 Å². The van der Waals surface area contributed by atoms with Crippen molar-refractivity contribution >= 4 is 17.0 Å². The third kappa shape index (κ3) is 3.39. The molecule has 0 unspecified atom stereocenters. The summed E-state index contributed by atoms with van der Waals surface area (Å²) in [5, 5.41) is 10.7. The molecule has 7 nitrogen and oxygen atoms in total. The van der Waals surface area contributed by atoms with Crippen LogP contribution in [-0.2, 0) is 0 Å². The number of oxazole rings is 1. The molecule has 2 heterocycles. The Hall–Kier alpha value is -3.06. The molecule has 7 heteroatoms. The Kier molecular flexibility index (Phi) is 4.83. The number of carbonyl (C=O) groups excluding carboxylic acids is 1. The average molecular weight is 408 g/mol. The summed E-state index contributed by atoms with van der Waals surface area (Å²) in [6.45, 7) is 1.21. The molecule has 2 aliphatic rings. The van der Waals surface area contributed by atoms with Gasteiger partial charge in [0.2, 0.25) is 0 Å². The quantitative estimate of drug-likeness (QED) is 0.714. The van der Waals surface area contributed by atoms with Crippen molar-refractivity contribution in [1.29, 1.82) is 0 Å². The Labute approximate surface area is 174 Å². The number of fused-ring (bicyclic) bond motifs is 2. The van der Waals surface area contributed by atoms with Crippen LogP contribution in [0.25, 0.3) is 11.1 Å². The SMILES string of the molecule is COc1ccccc1O[C@@H]1C[C@@H]2CN(C(=O)c3nc4ccccc4o3)C[C@@H]2C[C@H]1O. The van der Waals surface area contributed by atoms with Gasteiger partial charge in [0.15, 0.2) is 17.1 Å². The fourth-order valence-corrected chi connectivity index (χ4v) is 4.66. The lowest BCUT2D eigenvalue weighted by Crippen LogP contribution is -2.42. The van der Waals surface area contributed by atoms with Gasteiger partial charge in [-0.25, -0.2) is 4.98 Å². The van der Waals surface area contributed by atoms with Crippen LogP contribution in [-0.4, -0.2) is 53.3 Å². The second kappa shape index (κ2) is 7.65. The highest BCUT2D eigenvalue weighted by Gasteiger charge is 2.44. The van der Waals surface area contributed by atoms with Gasteiger partial charge in [-0.1, -0.05) is 24.3 Å². The van der Waals surface area contributed by atoms with Crippen molar-refractivity contribution in [3.63, 3.8) is 0 Å². The molecule has 1 saturated heterocycles. The van der Waals surface area contributed by atoms with E-state index >= 15 is 0 Å². The lowest BCUT2D eigenvalue weighted by Gasteiger charge is -2.35. The van der Waals surface area contributed by atoms with E-state index in [9.17, 15) is 9.90 Å². The van der Waals surface area contributed by atoms with Crippen LogP contribution in [0.5, 0.6) is 11.5 Å². The third-order valence-electron chi connectivity index (χ3n) is 6.20. The standard InChI is InChI=1S/C23H24N2O5/c1-28-19-8-4-5-9-20(19)29-21-11-15-13-25(12-14(15)10-17(21)26)23(27)22-24-16-6-2-3-7-18(16)30-22/h2-9,14-15,17,21,26H,10-13H2,1H3/t14-,15+,17+,21+/m0/s1. The maximum absolute atomic E-state index is 13.0. The number of aliphatic hydroxyl groups excluding tert-OH is 1. The minimum absolute atomic E-state index is 0.122. The summed E-state index contributed by atoms with van der Waals surface area (Å²) in [4.78, 5) is 19.1. The normalized spacial score (nSPS) is 25.9. The molecule has 1 aromatic heterocycles. The monoisotopic (exact) mass is 408 g/mol. The molecule has 2 fully saturated rings. The summed E-state index contributed by atoms with van der Waals surface area (Å²) in [6, 6.07) is 14.8. The van der Waals surface area contributed by atoms with Gasteiger partial charge in [-0.3, -0.25) is 4.79 Å². The molecule has 1 aliphatic heterocycles. The highest BCUT2D eigenvalue weighted by Crippen LogP contribution is 2.39. The first-order valence-electron chi connectivity index (χ1n) is 10.2. The fourth-order valence-electron chi connectivity index (χ4n) is 4.66. The Balaban J connectivity index is 1.29. The van der Waals surface area contributed by atoms with Crippen molar-refractivity contribution in [2.24, 2.45) is 11.8 Å². The summed E-state index contributed by atoms with van der Waals surface area (Å²) < 4.78 is 17.1. The number of methoxy groups -OCH3 is 1. The summed E-state index contributed by atoms with van der Waals surface area (Å²) in [6.07, 6.45) is 0.362. The summed E-state index contributed by atoms with van der Waals surface area (Å²) in [5.41, 5.74) is 1.29. The lowest BCUT2D eigenvalue weighted by molar-refractivity contribution is -0.0240. The van der Waals surface area contributed by atoms with Gasteiger partial charge >= 0.3 is 5.91 Å². The van der Waals surface area contributed by atoms with Gasteiger partial charge < -0.3 is 23.9 Å². The number of benzene rings is 2. The summed E-state index contributed by atoms with van der Waals surface area (Å²) >= 11 is 0. The molecule has 1 aliphatic carbocycles. The number of likely N-dealkylation sites (tertiary alicyclic amines) is 1. The van der Waals surface area contributed by atoms with Crippen LogP contribution in [0.2, 0.25) is 0 Å². The van der Waals surface area contributed by atoms with E-state index < -0.39 is 6.10 Å². The Morgan fingerprint density at radius 1 is 1.07 bits per heavy atom. The number of para-hydroxylation sites is 4. The molecule has 30 heavy (non-hydrogen) atoms. The molecular weight excluding hydrogens is 384 g/mol. The lowest BCUT2D eigenvalue weighted by atomic mass is 9.78. The van der Waals surface area contributed by atoms with Gasteiger partial charge in [-0.15, -0.1) is 0 Å². The van der Waals surface area contributed by atoms with Crippen LogP contribution in [0.3, 0.4) is 0 Å². The van der Waals surface area contributed by atoms with Crippen molar-refractivity contribution in [2.45, 2.75) is 25.0 Å². The van der Waals surface area contributed by atoms with E-state index in [-0.39, 0.29) is 29.7 Å². The van der Waals surface area contributed by atoms with E-state index in [1.165, 1.54) is 0 Å². The minimum Gasteiger partial charge on any atom is -0.493 e. The highest BCUT2D eigenvalue weighted by molar-refractivity contribution is 5.92. The Bertz CT molecular complexity index is 1030. The largest absolute Gasteiger partial charge is 0.493 e. The first kappa shape index (κ1) is 18.9. The van der Waals surface area contributed by atoms with Crippen molar-refractivity contribution in [3.8, 4) is 11.5 Å². The van der Waals surface area contributed by atoms with Gasteiger partial charge in [0.25, 0.3) is 5.89 Å². The zero-order valence-corrected chi connectivity index (χ0v) is 16.7. The topological polar surface area (TPSA) is 85.0 Å². The average Bonchev–Trinajstić information content (AvgIpc) is 3.37. The number of hydrogen-bond donors (Lipinski definition) is 1. The molecule has 156 valence electrons. The number of hydrogen-bond acceptors (Lipinski definition) is 6. The molecule has 2 aromatic carbocycles. The molecule has 0 radical (unpaired) electrons. The van der Waals surface area contributed by atoms with E-state index in [1.807, 2.05) is 42.5 Å². The molecular formula is C23H24N2O5. The summed E-state index contributed by atoms with van der Waals surface area (Å²) in [7, 11) is 1.60. The Morgan fingerprint density at radius 3 is 2.53 bits per heavy atom. The molecule has 1 amide bonds. The van der Waals surface area contributed by atoms with E-state index in [1.54, 1.807) is 18.1 Å². The number of aromatic nitrogens is 1. The zero-order chi connectivity index (χ0) is 20.7. The van der Waals surface area contributed by atoms with Gasteiger partial charge in [-0.05, 0) is 48.9 Å². The molecule has 4 atom stereocenters. The molecule has 5 rings (SSSR count). The minimum atomic E-state index is -0.587. The van der Waals surface area contributed by atoms with E-state index in [0.717, 1.165) is 0 Å². The Morgan fingerprint density at radius 2 is 1.77 bits per heavy atom. The van der Waals surface area contributed by atoms with Crippen molar-refractivity contribution in [3.05, 3.63) is 54.4 Å². The van der Waals surface area contributed by atoms with Crippen LogP contribution in [0, 0.1) is 11.8 Å². The van der Waals surface area contributed by atoms with Gasteiger partial charge in [0.1, 0.15) is 11.6 Å². The van der Waals surface area contributed by atoms with E-state index in [0.29, 0.717) is 48.5 Å². The number of amides is 1. The predicted molar refractivity (Wildman–Crippen MR) is 110 cm³/mol. The van der Waals surface area contributed by atoms with E-state index in [2.05, 4.69) is 4.98 Å². The second-order valence-electron chi connectivity index (χ2n) is 8.06. The number of nitrogens with zero attached hydrogens (tertiary/aromatic N) is 2. The van der Waals surface area contributed by atoms with Crippen LogP contribution in [0.15, 0.2) is 52.9 Å². The van der Waals surface area contributed by atoms with Crippen LogP contribution in [0.1, 0.15) is 23.5 Å². The maximum atomic E-state index is 13.0. The second-order valence-corrected chi connectivity index (χ2v) is 8.06. The maximum Gasteiger partial charge on any atom is 0.309 e. The summed E-state index contributed by atoms with van der Waals surface area (Å²) in [5.74, 6) is 1.70. The number of aliphatic hydroxyl groups is 1.